The van der Waals surface area contributed by atoms with Crippen molar-refractivity contribution in [2.45, 2.75) is 23.8 Å². The van der Waals surface area contributed by atoms with Gasteiger partial charge in [0.15, 0.2) is 9.84 Å². The molecule has 0 aliphatic carbocycles. The number of halogens is 1. The molecule has 1 unspecified atom stereocenters. The molecule has 1 atom stereocenters. The molecular formula is C16H15FO3S. The van der Waals surface area contributed by atoms with Crippen molar-refractivity contribution in [3.63, 3.8) is 0 Å². The Balaban J connectivity index is 2.27. The summed E-state index contributed by atoms with van der Waals surface area (Å²) in [6.45, 7) is 1.71. The third-order valence-electron chi connectivity index (χ3n) is 4.03. The highest BCUT2D eigenvalue weighted by Gasteiger charge is 2.42. The molecule has 0 radical (unpaired) electrons. The van der Waals surface area contributed by atoms with Gasteiger partial charge in [-0.05, 0) is 42.7 Å². The van der Waals surface area contributed by atoms with Gasteiger partial charge in [-0.25, -0.2) is 12.8 Å². The average molecular weight is 306 g/mol. The van der Waals surface area contributed by atoms with E-state index in [1.54, 1.807) is 25.1 Å². The molecule has 0 aromatic heterocycles. The van der Waals surface area contributed by atoms with Crippen LogP contribution in [0.2, 0.25) is 0 Å². The van der Waals surface area contributed by atoms with Crippen LogP contribution in [0.3, 0.4) is 0 Å². The van der Waals surface area contributed by atoms with Crippen molar-refractivity contribution < 1.29 is 17.9 Å². The standard InChI is InChI=1S/C16H15FO3S/c1-11-10-12(17)6-7-13(11)16(18)8-9-21(19,20)15-5-3-2-4-14(15)16/h2-7,10,18H,8-9H2,1H3. The summed E-state index contributed by atoms with van der Waals surface area (Å²) in [5.74, 6) is -0.506. The predicted molar refractivity (Wildman–Crippen MR) is 77.2 cm³/mol. The molecule has 2 aromatic rings. The Kier molecular flexibility index (Phi) is 3.15. The van der Waals surface area contributed by atoms with Crippen molar-refractivity contribution >= 4 is 9.84 Å². The monoisotopic (exact) mass is 306 g/mol. The SMILES string of the molecule is Cc1cc(F)ccc1C1(O)CCS(=O)(=O)c2ccccc21. The maximum Gasteiger partial charge on any atom is 0.178 e. The van der Waals surface area contributed by atoms with E-state index in [9.17, 15) is 17.9 Å². The molecule has 3 rings (SSSR count). The summed E-state index contributed by atoms with van der Waals surface area (Å²) >= 11 is 0. The quantitative estimate of drug-likeness (QED) is 0.881. The normalized spacial score (nSPS) is 23.6. The molecule has 21 heavy (non-hydrogen) atoms. The minimum atomic E-state index is -3.38. The van der Waals surface area contributed by atoms with Crippen LogP contribution in [0.1, 0.15) is 23.1 Å². The fraction of sp³-hybridized carbons (Fsp3) is 0.250. The summed E-state index contributed by atoms with van der Waals surface area (Å²) in [5, 5.41) is 11.1. The van der Waals surface area contributed by atoms with Gasteiger partial charge in [0.1, 0.15) is 11.4 Å². The van der Waals surface area contributed by atoms with Gasteiger partial charge in [0, 0.05) is 5.56 Å². The molecule has 0 spiro atoms. The van der Waals surface area contributed by atoms with E-state index in [1.165, 1.54) is 24.3 Å². The summed E-state index contributed by atoms with van der Waals surface area (Å²) in [6, 6.07) is 10.6. The van der Waals surface area contributed by atoms with Crippen LogP contribution in [0.25, 0.3) is 0 Å². The molecule has 0 bridgehead atoms. The average Bonchev–Trinajstić information content (AvgIpc) is 2.44. The Morgan fingerprint density at radius 1 is 1.14 bits per heavy atom. The molecule has 110 valence electrons. The molecule has 0 fully saturated rings. The first kappa shape index (κ1) is 14.2. The van der Waals surface area contributed by atoms with Crippen LogP contribution in [0.5, 0.6) is 0 Å². The molecule has 0 amide bonds. The first-order valence-corrected chi connectivity index (χ1v) is 8.31. The van der Waals surface area contributed by atoms with Crippen molar-refractivity contribution in [3.8, 4) is 0 Å². The van der Waals surface area contributed by atoms with Gasteiger partial charge in [0.25, 0.3) is 0 Å². The lowest BCUT2D eigenvalue weighted by molar-refractivity contribution is 0.0710. The van der Waals surface area contributed by atoms with Crippen molar-refractivity contribution in [3.05, 3.63) is 65.0 Å². The first-order chi connectivity index (χ1) is 9.84. The maximum absolute atomic E-state index is 13.3. The van der Waals surface area contributed by atoms with Crippen LogP contribution in [0, 0.1) is 12.7 Å². The van der Waals surface area contributed by atoms with Gasteiger partial charge in [-0.3, -0.25) is 0 Å². The first-order valence-electron chi connectivity index (χ1n) is 6.66. The lowest BCUT2D eigenvalue weighted by Gasteiger charge is -2.35. The zero-order valence-electron chi connectivity index (χ0n) is 11.5. The third-order valence-corrected chi connectivity index (χ3v) is 5.80. The Bertz CT molecular complexity index is 814. The van der Waals surface area contributed by atoms with Gasteiger partial charge in [0.05, 0.1) is 10.6 Å². The van der Waals surface area contributed by atoms with Crippen molar-refractivity contribution in [1.29, 1.82) is 0 Å². The fourth-order valence-corrected chi connectivity index (χ4v) is 4.62. The van der Waals surface area contributed by atoms with Crippen LogP contribution in [0.4, 0.5) is 4.39 Å². The second kappa shape index (κ2) is 4.64. The molecule has 0 saturated carbocycles. The summed E-state index contributed by atoms with van der Waals surface area (Å²) in [5.41, 5.74) is 0.114. The summed E-state index contributed by atoms with van der Waals surface area (Å²) in [6.07, 6.45) is 0.0683. The number of fused-ring (bicyclic) bond motifs is 1. The highest BCUT2D eigenvalue weighted by molar-refractivity contribution is 7.91. The van der Waals surface area contributed by atoms with Gasteiger partial charge >= 0.3 is 0 Å². The van der Waals surface area contributed by atoms with Crippen molar-refractivity contribution in [2.24, 2.45) is 0 Å². The van der Waals surface area contributed by atoms with Crippen LogP contribution in [0.15, 0.2) is 47.4 Å². The Hall–Kier alpha value is -1.72. The number of hydrogen-bond donors (Lipinski definition) is 1. The second-order valence-electron chi connectivity index (χ2n) is 5.38. The highest BCUT2D eigenvalue weighted by Crippen LogP contribution is 2.42. The summed E-state index contributed by atoms with van der Waals surface area (Å²) < 4.78 is 37.6. The largest absolute Gasteiger partial charge is 0.380 e. The van der Waals surface area contributed by atoms with E-state index < -0.39 is 15.4 Å². The maximum atomic E-state index is 13.3. The number of sulfone groups is 1. The lowest BCUT2D eigenvalue weighted by atomic mass is 9.81. The molecule has 1 aliphatic rings. The van der Waals surface area contributed by atoms with E-state index in [0.29, 0.717) is 16.7 Å². The smallest absolute Gasteiger partial charge is 0.178 e. The van der Waals surface area contributed by atoms with Gasteiger partial charge in [-0.15, -0.1) is 0 Å². The molecule has 1 N–H and O–H groups in total. The minimum absolute atomic E-state index is 0.0683. The molecule has 1 heterocycles. The zero-order chi connectivity index (χ0) is 15.3. The zero-order valence-corrected chi connectivity index (χ0v) is 12.3. The fourth-order valence-electron chi connectivity index (χ4n) is 2.98. The van der Waals surface area contributed by atoms with Gasteiger partial charge in [-0.1, -0.05) is 24.3 Å². The van der Waals surface area contributed by atoms with Crippen LogP contribution in [-0.2, 0) is 15.4 Å². The Morgan fingerprint density at radius 2 is 1.86 bits per heavy atom. The second-order valence-corrected chi connectivity index (χ2v) is 7.46. The highest BCUT2D eigenvalue weighted by atomic mass is 32.2. The molecule has 5 heteroatoms. The van der Waals surface area contributed by atoms with E-state index in [1.807, 2.05) is 0 Å². The van der Waals surface area contributed by atoms with Crippen LogP contribution in [-0.4, -0.2) is 19.3 Å². The number of aryl methyl sites for hydroxylation is 1. The van der Waals surface area contributed by atoms with E-state index >= 15 is 0 Å². The molecule has 2 aromatic carbocycles. The van der Waals surface area contributed by atoms with Gasteiger partial charge < -0.3 is 5.11 Å². The number of benzene rings is 2. The Morgan fingerprint density at radius 3 is 2.57 bits per heavy atom. The van der Waals surface area contributed by atoms with Crippen molar-refractivity contribution in [1.82, 2.24) is 0 Å². The third kappa shape index (κ3) is 2.17. The number of aliphatic hydroxyl groups is 1. The van der Waals surface area contributed by atoms with E-state index in [0.717, 1.165) is 0 Å². The molecule has 0 saturated heterocycles. The topological polar surface area (TPSA) is 54.4 Å². The molecular weight excluding hydrogens is 291 g/mol. The lowest BCUT2D eigenvalue weighted by Crippen LogP contribution is -2.37. The van der Waals surface area contributed by atoms with E-state index in [-0.39, 0.29) is 22.9 Å². The van der Waals surface area contributed by atoms with Gasteiger partial charge in [0.2, 0.25) is 0 Å². The Labute approximate surface area is 123 Å². The van der Waals surface area contributed by atoms with Crippen LogP contribution >= 0.6 is 0 Å². The predicted octanol–water partition coefficient (Wildman–Crippen LogP) is 2.55. The van der Waals surface area contributed by atoms with Crippen molar-refractivity contribution in [2.75, 3.05) is 5.75 Å². The minimum Gasteiger partial charge on any atom is -0.380 e. The van der Waals surface area contributed by atoms with E-state index in [4.69, 9.17) is 0 Å². The number of rotatable bonds is 1. The molecule has 3 nitrogen and oxygen atoms in total. The molecule has 1 aliphatic heterocycles. The van der Waals surface area contributed by atoms with Crippen LogP contribution < -0.4 is 0 Å². The summed E-state index contributed by atoms with van der Waals surface area (Å²) in [7, 11) is -3.38. The summed E-state index contributed by atoms with van der Waals surface area (Å²) in [4.78, 5) is 0.155. The number of hydrogen-bond acceptors (Lipinski definition) is 3. The van der Waals surface area contributed by atoms with Gasteiger partial charge in [-0.2, -0.15) is 0 Å². The van der Waals surface area contributed by atoms with E-state index in [2.05, 4.69) is 0 Å².